The van der Waals surface area contributed by atoms with Crippen LogP contribution in [-0.2, 0) is 4.79 Å². The number of amides is 1. The van der Waals surface area contributed by atoms with Crippen molar-refractivity contribution in [2.45, 2.75) is 13.8 Å². The molecule has 4 nitrogen and oxygen atoms in total. The maximum absolute atomic E-state index is 12.6. The van der Waals surface area contributed by atoms with Crippen molar-refractivity contribution in [1.29, 1.82) is 5.26 Å². The summed E-state index contributed by atoms with van der Waals surface area (Å²) in [4.78, 5) is 12.6. The smallest absolute Gasteiger partial charge is 0.266 e. The Hall–Kier alpha value is -2.42. The molecular formula is C22H15Cl4N3O. The van der Waals surface area contributed by atoms with Crippen LogP contribution in [0.2, 0.25) is 20.1 Å². The zero-order valence-electron chi connectivity index (χ0n) is 15.9. The second kappa shape index (κ2) is 9.16. The summed E-state index contributed by atoms with van der Waals surface area (Å²) in [6.07, 6.45) is 1.53. The summed E-state index contributed by atoms with van der Waals surface area (Å²) >= 11 is 24.3. The number of benzene rings is 2. The van der Waals surface area contributed by atoms with Gasteiger partial charge in [0.05, 0.1) is 25.8 Å². The molecule has 1 heterocycles. The average molecular weight is 479 g/mol. The van der Waals surface area contributed by atoms with E-state index in [2.05, 4.69) is 5.32 Å². The first-order valence-electron chi connectivity index (χ1n) is 8.74. The van der Waals surface area contributed by atoms with Crippen LogP contribution in [0.4, 0.5) is 5.69 Å². The predicted molar refractivity (Wildman–Crippen MR) is 124 cm³/mol. The van der Waals surface area contributed by atoms with Crippen LogP contribution in [0.5, 0.6) is 0 Å². The van der Waals surface area contributed by atoms with Crippen molar-refractivity contribution in [2.75, 3.05) is 5.32 Å². The number of halogens is 4. The zero-order chi connectivity index (χ0) is 22.0. The van der Waals surface area contributed by atoms with Crippen molar-refractivity contribution >= 4 is 64.1 Å². The number of nitriles is 1. The third kappa shape index (κ3) is 4.50. The van der Waals surface area contributed by atoms with Crippen molar-refractivity contribution in [3.8, 4) is 11.8 Å². The molecule has 0 atom stereocenters. The molecule has 3 rings (SSSR count). The number of carbonyl (C=O) groups excluding carboxylic acids is 1. The minimum Gasteiger partial charge on any atom is -0.320 e. The lowest BCUT2D eigenvalue weighted by Crippen LogP contribution is -2.13. The van der Waals surface area contributed by atoms with Gasteiger partial charge in [-0.25, -0.2) is 0 Å². The number of anilines is 1. The highest BCUT2D eigenvalue weighted by atomic mass is 35.5. The molecule has 0 aliphatic rings. The first-order valence-corrected chi connectivity index (χ1v) is 10.3. The molecule has 0 radical (unpaired) electrons. The molecule has 1 aromatic heterocycles. The van der Waals surface area contributed by atoms with Crippen molar-refractivity contribution in [2.24, 2.45) is 0 Å². The molecular weight excluding hydrogens is 464 g/mol. The van der Waals surface area contributed by atoms with Gasteiger partial charge in [-0.05, 0) is 61.9 Å². The summed E-state index contributed by atoms with van der Waals surface area (Å²) in [5, 5.41) is 13.6. The molecule has 0 aliphatic heterocycles. The van der Waals surface area contributed by atoms with Crippen LogP contribution < -0.4 is 5.32 Å². The van der Waals surface area contributed by atoms with Gasteiger partial charge < -0.3 is 9.88 Å². The molecule has 1 amide bonds. The Morgan fingerprint density at radius 3 is 2.43 bits per heavy atom. The van der Waals surface area contributed by atoms with Crippen LogP contribution in [-0.4, -0.2) is 10.5 Å². The Balaban J connectivity index is 1.96. The number of rotatable bonds is 4. The van der Waals surface area contributed by atoms with E-state index >= 15 is 0 Å². The highest BCUT2D eigenvalue weighted by Gasteiger charge is 2.16. The Morgan fingerprint density at radius 2 is 1.77 bits per heavy atom. The van der Waals surface area contributed by atoms with Crippen LogP contribution >= 0.6 is 46.4 Å². The molecule has 0 saturated carbocycles. The SMILES string of the molecule is Cc1cc(/C=C(\C#N)C(=O)Nc2cccc(Cl)c2Cl)c(C)n1-c1ccc(Cl)c(Cl)c1. The number of hydrogen-bond donors (Lipinski definition) is 1. The summed E-state index contributed by atoms with van der Waals surface area (Å²) in [5.41, 5.74) is 3.56. The molecule has 0 saturated heterocycles. The maximum Gasteiger partial charge on any atom is 0.266 e. The van der Waals surface area contributed by atoms with Crippen molar-refractivity contribution in [1.82, 2.24) is 4.57 Å². The number of hydrogen-bond acceptors (Lipinski definition) is 2. The number of nitrogens with one attached hydrogen (secondary N) is 1. The van der Waals surface area contributed by atoms with E-state index in [0.717, 1.165) is 22.6 Å². The van der Waals surface area contributed by atoms with E-state index in [0.29, 0.717) is 20.8 Å². The minimum atomic E-state index is -0.582. The van der Waals surface area contributed by atoms with Gasteiger partial charge in [0.25, 0.3) is 5.91 Å². The van der Waals surface area contributed by atoms with Gasteiger partial charge >= 0.3 is 0 Å². The maximum atomic E-state index is 12.6. The molecule has 30 heavy (non-hydrogen) atoms. The Morgan fingerprint density at radius 1 is 1.03 bits per heavy atom. The average Bonchev–Trinajstić information content (AvgIpc) is 2.98. The summed E-state index contributed by atoms with van der Waals surface area (Å²) in [6.45, 7) is 3.81. The number of aromatic nitrogens is 1. The summed E-state index contributed by atoms with van der Waals surface area (Å²) in [7, 11) is 0. The van der Waals surface area contributed by atoms with E-state index in [1.54, 1.807) is 30.3 Å². The molecule has 152 valence electrons. The second-order valence-electron chi connectivity index (χ2n) is 6.49. The van der Waals surface area contributed by atoms with E-state index in [1.807, 2.05) is 36.6 Å². The molecule has 3 aromatic rings. The summed E-state index contributed by atoms with van der Waals surface area (Å²) < 4.78 is 1.97. The minimum absolute atomic E-state index is 0.0690. The van der Waals surface area contributed by atoms with E-state index in [1.165, 1.54) is 6.08 Å². The third-order valence-electron chi connectivity index (χ3n) is 4.50. The summed E-state index contributed by atoms with van der Waals surface area (Å²) in [5.74, 6) is -0.582. The van der Waals surface area contributed by atoms with Gasteiger partial charge in [0.15, 0.2) is 0 Å². The first-order chi connectivity index (χ1) is 14.2. The molecule has 8 heteroatoms. The fourth-order valence-electron chi connectivity index (χ4n) is 3.05. The third-order valence-corrected chi connectivity index (χ3v) is 6.05. The van der Waals surface area contributed by atoms with E-state index in [-0.39, 0.29) is 10.6 Å². The van der Waals surface area contributed by atoms with Crippen LogP contribution in [0, 0.1) is 25.2 Å². The normalized spacial score (nSPS) is 11.3. The number of carbonyl (C=O) groups is 1. The lowest BCUT2D eigenvalue weighted by molar-refractivity contribution is -0.112. The second-order valence-corrected chi connectivity index (χ2v) is 8.09. The van der Waals surface area contributed by atoms with Crippen LogP contribution in [0.25, 0.3) is 11.8 Å². The molecule has 0 unspecified atom stereocenters. The standard InChI is InChI=1S/C22H15Cl4N3O/c1-12-8-14(13(2)29(12)16-6-7-17(23)19(25)10-16)9-15(11-27)22(30)28-20-5-3-4-18(24)21(20)26/h3-10H,1-2H3,(H,28,30)/b15-9+. The lowest BCUT2D eigenvalue weighted by Gasteiger charge is -2.11. The number of nitrogens with zero attached hydrogens (tertiary/aromatic N) is 2. The van der Waals surface area contributed by atoms with Crippen molar-refractivity contribution in [3.63, 3.8) is 0 Å². The highest BCUT2D eigenvalue weighted by molar-refractivity contribution is 6.44. The first kappa shape index (κ1) is 22.3. The van der Waals surface area contributed by atoms with Gasteiger partial charge in [0.1, 0.15) is 11.6 Å². The quantitative estimate of drug-likeness (QED) is 0.317. The largest absolute Gasteiger partial charge is 0.320 e. The van der Waals surface area contributed by atoms with Gasteiger partial charge in [0.2, 0.25) is 0 Å². The Labute approximate surface area is 194 Å². The van der Waals surface area contributed by atoms with Gasteiger partial charge in [-0.1, -0.05) is 52.5 Å². The van der Waals surface area contributed by atoms with Crippen LogP contribution in [0.3, 0.4) is 0 Å². The zero-order valence-corrected chi connectivity index (χ0v) is 19.0. The van der Waals surface area contributed by atoms with Crippen LogP contribution in [0.1, 0.15) is 17.0 Å². The fourth-order valence-corrected chi connectivity index (χ4v) is 3.69. The van der Waals surface area contributed by atoms with Crippen molar-refractivity contribution in [3.05, 3.63) is 85.1 Å². The number of aryl methyl sites for hydroxylation is 1. The molecule has 0 bridgehead atoms. The van der Waals surface area contributed by atoms with Gasteiger partial charge in [-0.3, -0.25) is 4.79 Å². The van der Waals surface area contributed by atoms with Crippen molar-refractivity contribution < 1.29 is 4.79 Å². The van der Waals surface area contributed by atoms with E-state index in [4.69, 9.17) is 46.4 Å². The molecule has 2 aromatic carbocycles. The Bertz CT molecular complexity index is 1220. The van der Waals surface area contributed by atoms with Gasteiger partial charge in [-0.2, -0.15) is 5.26 Å². The van der Waals surface area contributed by atoms with E-state index < -0.39 is 5.91 Å². The highest BCUT2D eigenvalue weighted by Crippen LogP contribution is 2.31. The lowest BCUT2D eigenvalue weighted by atomic mass is 10.1. The fraction of sp³-hybridized carbons (Fsp3) is 0.0909. The molecule has 0 aliphatic carbocycles. The van der Waals surface area contributed by atoms with Gasteiger partial charge in [-0.15, -0.1) is 0 Å². The topological polar surface area (TPSA) is 57.8 Å². The van der Waals surface area contributed by atoms with Gasteiger partial charge in [0, 0.05) is 17.1 Å². The monoisotopic (exact) mass is 477 g/mol. The molecule has 1 N–H and O–H groups in total. The van der Waals surface area contributed by atoms with Crippen LogP contribution in [0.15, 0.2) is 48.0 Å². The van der Waals surface area contributed by atoms with E-state index in [9.17, 15) is 10.1 Å². The predicted octanol–water partition coefficient (Wildman–Crippen LogP) is 7.25. The Kier molecular flexibility index (Phi) is 6.80. The molecule has 0 fully saturated rings. The molecule has 0 spiro atoms. The summed E-state index contributed by atoms with van der Waals surface area (Å²) in [6, 6.07) is 14.0.